The average Bonchev–Trinajstić information content (AvgIpc) is 2.67. The van der Waals surface area contributed by atoms with Gasteiger partial charge in [-0.1, -0.05) is 6.92 Å². The van der Waals surface area contributed by atoms with Crippen molar-refractivity contribution in [2.45, 2.75) is 32.7 Å². The molecule has 0 aliphatic rings. The summed E-state index contributed by atoms with van der Waals surface area (Å²) in [6, 6.07) is 0.0210. The van der Waals surface area contributed by atoms with Crippen LogP contribution in [0.15, 0.2) is 6.20 Å². The van der Waals surface area contributed by atoms with E-state index in [1.54, 1.807) is 4.68 Å². The molecule has 0 bridgehead atoms. The molecule has 0 amide bonds. The van der Waals surface area contributed by atoms with Gasteiger partial charge in [-0.05, 0) is 27.4 Å². The normalized spacial score (nSPS) is 12.8. The molecular formula is C13H23N3O2. The summed E-state index contributed by atoms with van der Waals surface area (Å²) in [6.45, 7) is 4.32. The molecule has 0 saturated carbocycles. The van der Waals surface area contributed by atoms with Crippen molar-refractivity contribution < 1.29 is 9.53 Å². The lowest BCUT2D eigenvalue weighted by molar-refractivity contribution is -0.144. The molecule has 5 heteroatoms. The highest BCUT2D eigenvalue weighted by Gasteiger charge is 2.23. The molecule has 0 aromatic carbocycles. The fourth-order valence-electron chi connectivity index (χ4n) is 2.05. The highest BCUT2D eigenvalue weighted by atomic mass is 16.5. The number of hydrogen-bond donors (Lipinski definition) is 0. The number of carbonyl (C=O) groups is 1. The Morgan fingerprint density at radius 3 is 2.67 bits per heavy atom. The van der Waals surface area contributed by atoms with Gasteiger partial charge in [0.25, 0.3) is 0 Å². The first-order valence-electron chi connectivity index (χ1n) is 6.34. The van der Waals surface area contributed by atoms with Crippen LogP contribution in [0.3, 0.4) is 0 Å². The summed E-state index contributed by atoms with van der Waals surface area (Å²) in [5.41, 5.74) is 2.15. The summed E-state index contributed by atoms with van der Waals surface area (Å²) in [5, 5.41) is 4.42. The number of nitrogens with zero attached hydrogens (tertiary/aromatic N) is 3. The molecule has 0 aliphatic carbocycles. The van der Waals surface area contributed by atoms with E-state index < -0.39 is 0 Å². The first-order valence-corrected chi connectivity index (χ1v) is 6.34. The predicted octanol–water partition coefficient (Wildman–Crippen LogP) is 1.54. The molecular weight excluding hydrogens is 230 g/mol. The van der Waals surface area contributed by atoms with Gasteiger partial charge in [0, 0.05) is 24.8 Å². The third kappa shape index (κ3) is 3.57. The van der Waals surface area contributed by atoms with E-state index in [4.69, 9.17) is 4.74 Å². The molecule has 1 rings (SSSR count). The number of hydrogen-bond acceptors (Lipinski definition) is 4. The van der Waals surface area contributed by atoms with Gasteiger partial charge in [-0.2, -0.15) is 5.10 Å². The summed E-state index contributed by atoms with van der Waals surface area (Å²) >= 11 is 0. The van der Waals surface area contributed by atoms with Gasteiger partial charge in [0.1, 0.15) is 0 Å². The number of esters is 1. The summed E-state index contributed by atoms with van der Waals surface area (Å²) in [6.07, 6.45) is 3.21. The Labute approximate surface area is 109 Å². The Morgan fingerprint density at radius 2 is 2.17 bits per heavy atom. The van der Waals surface area contributed by atoms with E-state index in [1.807, 2.05) is 39.2 Å². The Hall–Kier alpha value is -1.36. The van der Waals surface area contributed by atoms with Crippen LogP contribution in [0, 0.1) is 0 Å². The molecule has 5 nitrogen and oxygen atoms in total. The summed E-state index contributed by atoms with van der Waals surface area (Å²) < 4.78 is 6.83. The highest BCUT2D eigenvalue weighted by molar-refractivity contribution is 5.70. The highest BCUT2D eigenvalue weighted by Crippen LogP contribution is 2.25. The minimum absolute atomic E-state index is 0.0210. The lowest BCUT2D eigenvalue weighted by Gasteiger charge is -2.23. The average molecular weight is 253 g/mol. The van der Waals surface area contributed by atoms with Crippen molar-refractivity contribution in [2.75, 3.05) is 20.7 Å². The largest absolute Gasteiger partial charge is 0.466 e. The number of aryl methyl sites for hydroxylation is 2. The number of carbonyl (C=O) groups excluding carboxylic acids is 1. The molecule has 1 aromatic rings. The third-order valence-electron chi connectivity index (χ3n) is 2.92. The van der Waals surface area contributed by atoms with Crippen LogP contribution in [0.5, 0.6) is 0 Å². The molecule has 1 heterocycles. The van der Waals surface area contributed by atoms with E-state index >= 15 is 0 Å². The zero-order chi connectivity index (χ0) is 13.7. The van der Waals surface area contributed by atoms with Crippen molar-refractivity contribution >= 4 is 5.97 Å². The summed E-state index contributed by atoms with van der Waals surface area (Å²) in [5.74, 6) is -0.165. The Bertz CT molecular complexity index is 399. The molecule has 0 N–H and O–H groups in total. The van der Waals surface area contributed by atoms with E-state index in [1.165, 1.54) is 0 Å². The van der Waals surface area contributed by atoms with Crippen LogP contribution in [-0.2, 0) is 23.0 Å². The van der Waals surface area contributed by atoms with Crippen LogP contribution < -0.4 is 0 Å². The van der Waals surface area contributed by atoms with E-state index in [0.717, 1.165) is 17.7 Å². The Morgan fingerprint density at radius 1 is 1.50 bits per heavy atom. The van der Waals surface area contributed by atoms with Crippen LogP contribution >= 0.6 is 0 Å². The van der Waals surface area contributed by atoms with Gasteiger partial charge in [0.05, 0.1) is 18.7 Å². The van der Waals surface area contributed by atoms with Gasteiger partial charge < -0.3 is 9.64 Å². The molecule has 1 aromatic heterocycles. The first-order chi connectivity index (χ1) is 8.49. The van der Waals surface area contributed by atoms with Crippen LogP contribution in [-0.4, -0.2) is 41.4 Å². The Kier molecular flexibility index (Phi) is 5.34. The fraction of sp³-hybridized carbons (Fsp3) is 0.692. The zero-order valence-electron chi connectivity index (χ0n) is 11.9. The van der Waals surface area contributed by atoms with Crippen LogP contribution in [0.2, 0.25) is 0 Å². The molecule has 0 fully saturated rings. The lowest BCUT2D eigenvalue weighted by Crippen LogP contribution is -2.24. The fourth-order valence-corrected chi connectivity index (χ4v) is 2.05. The van der Waals surface area contributed by atoms with Gasteiger partial charge in [0.15, 0.2) is 0 Å². The molecule has 0 aliphatic heterocycles. The second-order valence-electron chi connectivity index (χ2n) is 4.55. The second kappa shape index (κ2) is 6.54. The minimum atomic E-state index is -0.165. The predicted molar refractivity (Wildman–Crippen MR) is 70.3 cm³/mol. The van der Waals surface area contributed by atoms with Gasteiger partial charge in [-0.3, -0.25) is 9.48 Å². The van der Waals surface area contributed by atoms with E-state index in [0.29, 0.717) is 13.0 Å². The van der Waals surface area contributed by atoms with Gasteiger partial charge >= 0.3 is 5.97 Å². The van der Waals surface area contributed by atoms with Crippen molar-refractivity contribution in [1.29, 1.82) is 0 Å². The van der Waals surface area contributed by atoms with Gasteiger partial charge in [0.2, 0.25) is 0 Å². The number of ether oxygens (including phenoxy) is 1. The van der Waals surface area contributed by atoms with Crippen molar-refractivity contribution in [3.8, 4) is 0 Å². The van der Waals surface area contributed by atoms with Crippen LogP contribution in [0.1, 0.15) is 37.6 Å². The minimum Gasteiger partial charge on any atom is -0.466 e. The maximum atomic E-state index is 11.7. The summed E-state index contributed by atoms with van der Waals surface area (Å²) in [4.78, 5) is 13.7. The van der Waals surface area contributed by atoms with Crippen LogP contribution in [0.25, 0.3) is 0 Å². The molecule has 1 atom stereocenters. The topological polar surface area (TPSA) is 47.4 Å². The molecule has 18 heavy (non-hydrogen) atoms. The first kappa shape index (κ1) is 14.7. The monoisotopic (exact) mass is 253 g/mol. The standard InChI is InChI=1S/C13H23N3O2/c1-6-11-10(9-16(5)14-11)12(15(3)4)8-13(17)18-7-2/h9,12H,6-8H2,1-5H3. The van der Waals surface area contributed by atoms with Crippen LogP contribution in [0.4, 0.5) is 0 Å². The molecule has 0 radical (unpaired) electrons. The summed E-state index contributed by atoms with van der Waals surface area (Å²) in [7, 11) is 5.84. The molecule has 102 valence electrons. The molecule has 0 spiro atoms. The molecule has 1 unspecified atom stereocenters. The van der Waals surface area contributed by atoms with Crippen molar-refractivity contribution in [3.63, 3.8) is 0 Å². The second-order valence-corrected chi connectivity index (χ2v) is 4.55. The van der Waals surface area contributed by atoms with E-state index in [-0.39, 0.29) is 12.0 Å². The Balaban J connectivity index is 2.93. The maximum Gasteiger partial charge on any atom is 0.307 e. The number of aromatic nitrogens is 2. The van der Waals surface area contributed by atoms with Gasteiger partial charge in [-0.25, -0.2) is 0 Å². The zero-order valence-corrected chi connectivity index (χ0v) is 11.9. The van der Waals surface area contributed by atoms with Crippen molar-refractivity contribution in [3.05, 3.63) is 17.5 Å². The third-order valence-corrected chi connectivity index (χ3v) is 2.92. The van der Waals surface area contributed by atoms with Gasteiger partial charge in [-0.15, -0.1) is 0 Å². The smallest absolute Gasteiger partial charge is 0.307 e. The van der Waals surface area contributed by atoms with Crippen molar-refractivity contribution in [1.82, 2.24) is 14.7 Å². The lowest BCUT2D eigenvalue weighted by atomic mass is 10.0. The van der Waals surface area contributed by atoms with E-state index in [9.17, 15) is 4.79 Å². The van der Waals surface area contributed by atoms with Crippen molar-refractivity contribution in [2.24, 2.45) is 7.05 Å². The number of rotatable bonds is 6. The quantitative estimate of drug-likeness (QED) is 0.722. The maximum absolute atomic E-state index is 11.7. The molecule has 0 saturated heterocycles. The van der Waals surface area contributed by atoms with E-state index in [2.05, 4.69) is 12.0 Å². The SMILES string of the molecule is CCOC(=O)CC(c1cn(C)nc1CC)N(C)C.